The van der Waals surface area contributed by atoms with Gasteiger partial charge in [-0.15, -0.1) is 0 Å². The molecular formula is C30H54N2O2. The number of rotatable bonds is 13. The fourth-order valence-corrected chi connectivity index (χ4v) is 6.72. The van der Waals surface area contributed by atoms with Gasteiger partial charge in [0.1, 0.15) is 6.23 Å². The van der Waals surface area contributed by atoms with Gasteiger partial charge < -0.3 is 20.9 Å². The quantitative estimate of drug-likeness (QED) is 0.162. The first-order chi connectivity index (χ1) is 16.4. The van der Waals surface area contributed by atoms with Crippen LogP contribution in [0.5, 0.6) is 0 Å². The van der Waals surface area contributed by atoms with Crippen molar-refractivity contribution in [1.29, 1.82) is 0 Å². The second-order valence-electron chi connectivity index (χ2n) is 12.1. The van der Waals surface area contributed by atoms with Crippen LogP contribution in [0.15, 0.2) is 23.3 Å². The second kappa shape index (κ2) is 14.2. The van der Waals surface area contributed by atoms with Gasteiger partial charge in [0.25, 0.3) is 0 Å². The van der Waals surface area contributed by atoms with Crippen LogP contribution in [-0.2, 0) is 4.74 Å². The molecule has 1 aliphatic heterocycles. The summed E-state index contributed by atoms with van der Waals surface area (Å²) in [5, 5.41) is 13.5. The molecular weight excluding hydrogens is 420 g/mol. The van der Waals surface area contributed by atoms with Crippen molar-refractivity contribution in [2.45, 2.75) is 135 Å². The molecule has 0 aromatic carbocycles. The SMILES string of the molecule is COC1CC(CC(C)CCC(C)C)=CC2C(CCCCCC(N)O)CC(C3=CCCCC3)NC12. The number of nitrogens with two attached hydrogens (primary N) is 1. The van der Waals surface area contributed by atoms with Crippen LogP contribution in [0.2, 0.25) is 0 Å². The molecule has 7 unspecified atom stereocenters. The van der Waals surface area contributed by atoms with Gasteiger partial charge in [-0.05, 0) is 87.9 Å². The van der Waals surface area contributed by atoms with Crippen molar-refractivity contribution < 1.29 is 9.84 Å². The molecule has 1 heterocycles. The molecule has 0 radical (unpaired) electrons. The first kappa shape index (κ1) is 27.9. The average molecular weight is 475 g/mol. The number of methoxy groups -OCH3 is 1. The summed E-state index contributed by atoms with van der Waals surface area (Å²) in [5.74, 6) is 2.82. The van der Waals surface area contributed by atoms with E-state index >= 15 is 0 Å². The first-order valence-electron chi connectivity index (χ1n) is 14.5. The second-order valence-corrected chi connectivity index (χ2v) is 12.1. The van der Waals surface area contributed by atoms with Crippen LogP contribution in [0, 0.1) is 23.7 Å². The number of hydrogen-bond donors (Lipinski definition) is 3. The summed E-state index contributed by atoms with van der Waals surface area (Å²) >= 11 is 0. The van der Waals surface area contributed by atoms with E-state index in [2.05, 4.69) is 38.2 Å². The fraction of sp³-hybridized carbons (Fsp3) is 0.867. The minimum Gasteiger partial charge on any atom is -0.379 e. The van der Waals surface area contributed by atoms with Crippen LogP contribution in [0.4, 0.5) is 0 Å². The fourth-order valence-electron chi connectivity index (χ4n) is 6.72. The third-order valence-electron chi connectivity index (χ3n) is 8.68. The van der Waals surface area contributed by atoms with E-state index in [0.717, 1.165) is 31.1 Å². The van der Waals surface area contributed by atoms with Gasteiger partial charge in [-0.1, -0.05) is 69.8 Å². The van der Waals surface area contributed by atoms with Crippen molar-refractivity contribution >= 4 is 0 Å². The van der Waals surface area contributed by atoms with Crippen molar-refractivity contribution in [3.63, 3.8) is 0 Å². The number of allylic oxidation sites excluding steroid dienone is 1. The summed E-state index contributed by atoms with van der Waals surface area (Å²) in [6.07, 6.45) is 21.7. The molecule has 1 fully saturated rings. The Morgan fingerprint density at radius 2 is 1.94 bits per heavy atom. The van der Waals surface area contributed by atoms with Crippen molar-refractivity contribution in [2.75, 3.05) is 7.11 Å². The monoisotopic (exact) mass is 474 g/mol. The predicted molar refractivity (Wildman–Crippen MR) is 143 cm³/mol. The van der Waals surface area contributed by atoms with Gasteiger partial charge >= 0.3 is 0 Å². The highest BCUT2D eigenvalue weighted by Gasteiger charge is 2.43. The van der Waals surface area contributed by atoms with Gasteiger partial charge in [-0.25, -0.2) is 0 Å². The molecule has 0 saturated carbocycles. The number of hydrogen-bond acceptors (Lipinski definition) is 4. The van der Waals surface area contributed by atoms with E-state index in [0.29, 0.717) is 23.9 Å². The van der Waals surface area contributed by atoms with Crippen LogP contribution in [0.1, 0.15) is 111 Å². The maximum absolute atomic E-state index is 9.40. The van der Waals surface area contributed by atoms with E-state index in [4.69, 9.17) is 10.5 Å². The van der Waals surface area contributed by atoms with Crippen LogP contribution in [0.25, 0.3) is 0 Å². The van der Waals surface area contributed by atoms with Crippen LogP contribution in [0.3, 0.4) is 0 Å². The lowest BCUT2D eigenvalue weighted by Crippen LogP contribution is -2.58. The molecule has 4 nitrogen and oxygen atoms in total. The maximum Gasteiger partial charge on any atom is 0.102 e. The maximum atomic E-state index is 9.40. The van der Waals surface area contributed by atoms with Crippen molar-refractivity contribution in [2.24, 2.45) is 29.4 Å². The molecule has 0 aromatic rings. The van der Waals surface area contributed by atoms with Crippen LogP contribution in [-0.4, -0.2) is 36.6 Å². The third-order valence-corrected chi connectivity index (χ3v) is 8.68. The Morgan fingerprint density at radius 1 is 1.12 bits per heavy atom. The third kappa shape index (κ3) is 8.47. The Kier molecular flexibility index (Phi) is 11.6. The van der Waals surface area contributed by atoms with Gasteiger partial charge in [0, 0.05) is 19.2 Å². The molecule has 196 valence electrons. The zero-order chi connectivity index (χ0) is 24.5. The smallest absolute Gasteiger partial charge is 0.102 e. The molecule has 7 atom stereocenters. The molecule has 1 saturated heterocycles. The first-order valence-corrected chi connectivity index (χ1v) is 14.5. The minimum absolute atomic E-state index is 0.282. The van der Waals surface area contributed by atoms with Crippen molar-refractivity contribution in [3.8, 4) is 0 Å². The number of unbranched alkanes of at least 4 members (excludes halogenated alkanes) is 2. The zero-order valence-corrected chi connectivity index (χ0v) is 22.6. The molecule has 4 heteroatoms. The van der Waals surface area contributed by atoms with E-state index < -0.39 is 6.23 Å². The van der Waals surface area contributed by atoms with Gasteiger partial charge in [-0.2, -0.15) is 0 Å². The molecule has 3 aliphatic rings. The Labute approximate surface area is 210 Å². The van der Waals surface area contributed by atoms with Gasteiger partial charge in [0.05, 0.1) is 6.10 Å². The van der Waals surface area contributed by atoms with Gasteiger partial charge in [-0.3, -0.25) is 0 Å². The number of nitrogens with one attached hydrogen (secondary N) is 1. The zero-order valence-electron chi connectivity index (χ0n) is 22.6. The molecule has 34 heavy (non-hydrogen) atoms. The predicted octanol–water partition coefficient (Wildman–Crippen LogP) is 6.48. The lowest BCUT2D eigenvalue weighted by molar-refractivity contribution is 0.0137. The Hall–Kier alpha value is -0.680. The van der Waals surface area contributed by atoms with E-state index in [-0.39, 0.29) is 6.10 Å². The Morgan fingerprint density at radius 3 is 2.62 bits per heavy atom. The summed E-state index contributed by atoms with van der Waals surface area (Å²) < 4.78 is 6.16. The summed E-state index contributed by atoms with van der Waals surface area (Å²) in [4.78, 5) is 0. The van der Waals surface area contributed by atoms with E-state index in [9.17, 15) is 5.11 Å². The summed E-state index contributed by atoms with van der Waals surface area (Å²) in [6.45, 7) is 7.11. The van der Waals surface area contributed by atoms with Gasteiger partial charge in [0.15, 0.2) is 0 Å². The molecule has 4 N–H and O–H groups in total. The largest absolute Gasteiger partial charge is 0.379 e. The Balaban J connectivity index is 1.71. The Bertz CT molecular complexity index is 656. The highest BCUT2D eigenvalue weighted by atomic mass is 16.5. The van der Waals surface area contributed by atoms with Crippen molar-refractivity contribution in [3.05, 3.63) is 23.3 Å². The molecule has 0 spiro atoms. The summed E-state index contributed by atoms with van der Waals surface area (Å²) in [6, 6.07) is 0.951. The number of fused-ring (bicyclic) bond motifs is 1. The topological polar surface area (TPSA) is 67.5 Å². The molecule has 0 amide bonds. The van der Waals surface area contributed by atoms with E-state index in [1.165, 1.54) is 70.6 Å². The summed E-state index contributed by atoms with van der Waals surface area (Å²) in [5.41, 5.74) is 8.85. The number of aliphatic hydroxyl groups excluding tert-OH is 1. The highest BCUT2D eigenvalue weighted by molar-refractivity contribution is 5.23. The van der Waals surface area contributed by atoms with E-state index in [1.807, 2.05) is 7.11 Å². The number of ether oxygens (including phenoxy) is 1. The molecule has 2 aliphatic carbocycles. The van der Waals surface area contributed by atoms with Crippen molar-refractivity contribution in [1.82, 2.24) is 5.32 Å². The highest BCUT2D eigenvalue weighted by Crippen LogP contribution is 2.42. The number of aliphatic hydroxyl groups is 1. The normalized spacial score (nSPS) is 31.6. The van der Waals surface area contributed by atoms with Gasteiger partial charge in [0.2, 0.25) is 0 Å². The minimum atomic E-state index is -0.658. The lowest BCUT2D eigenvalue weighted by atomic mass is 9.67. The lowest BCUT2D eigenvalue weighted by Gasteiger charge is -2.48. The average Bonchev–Trinajstić information content (AvgIpc) is 2.82. The molecule has 3 rings (SSSR count). The molecule has 0 bridgehead atoms. The summed E-state index contributed by atoms with van der Waals surface area (Å²) in [7, 11) is 1.92. The number of piperidine rings is 1. The molecule has 0 aromatic heterocycles. The van der Waals surface area contributed by atoms with Crippen LogP contribution < -0.4 is 11.1 Å². The van der Waals surface area contributed by atoms with Crippen LogP contribution >= 0.6 is 0 Å². The standard InChI is InChI=1S/C30H54N2O2/c1-21(2)15-16-22(3)17-23-18-26-25(13-9-6-10-14-29(31)33)20-27(24-11-7-5-8-12-24)32-30(26)28(19-23)34-4/h11,18,21-22,25-30,32-33H,5-10,12-17,19-20,31H2,1-4H3. The van der Waals surface area contributed by atoms with E-state index in [1.54, 1.807) is 11.1 Å².